The number of fused-ring (bicyclic) bond motifs is 1. The van der Waals surface area contributed by atoms with Gasteiger partial charge in [0.1, 0.15) is 11.2 Å². The van der Waals surface area contributed by atoms with E-state index in [4.69, 9.17) is 0 Å². The van der Waals surface area contributed by atoms with E-state index in [-0.39, 0.29) is 40.4 Å². The van der Waals surface area contributed by atoms with Crippen molar-refractivity contribution in [2.75, 3.05) is 19.6 Å². The molecule has 7 nitrogen and oxygen atoms in total. The van der Waals surface area contributed by atoms with Crippen LogP contribution in [-0.2, 0) is 9.59 Å². The molecule has 166 valence electrons. The first kappa shape index (κ1) is 22.3. The summed E-state index contributed by atoms with van der Waals surface area (Å²) in [6.07, 6.45) is 0.448. The van der Waals surface area contributed by atoms with Gasteiger partial charge in [0.05, 0.1) is 22.8 Å². The number of rotatable bonds is 8. The summed E-state index contributed by atoms with van der Waals surface area (Å²) < 4.78 is 13.6. The Hall–Kier alpha value is -1.88. The van der Waals surface area contributed by atoms with Gasteiger partial charge in [0.25, 0.3) is 0 Å². The number of carboxylic acids is 1. The van der Waals surface area contributed by atoms with E-state index in [1.165, 1.54) is 52.7 Å². The van der Waals surface area contributed by atoms with Crippen LogP contribution in [0.3, 0.4) is 0 Å². The molecule has 3 heterocycles. The quantitative estimate of drug-likeness (QED) is 0.445. The van der Waals surface area contributed by atoms with Crippen molar-refractivity contribution in [3.8, 4) is 0 Å². The maximum Gasteiger partial charge on any atom is 0.354 e. The summed E-state index contributed by atoms with van der Waals surface area (Å²) in [5.41, 5.74) is 0.466. The molecule has 3 aliphatic rings. The van der Waals surface area contributed by atoms with Crippen LogP contribution in [0.4, 0.5) is 4.39 Å². The zero-order valence-corrected chi connectivity index (χ0v) is 18.5. The number of carboxylic acid groups (broad SMARTS) is 1. The SMILES string of the molecule is CC[C@H](O)[C@@H]1C(=O)N2C(C(=O)O)=C(SC3CCN(CC(=O)c4ccc(F)cc4)C3)S[C@H]12. The minimum absolute atomic E-state index is 0.00499. The molecule has 0 aromatic heterocycles. The molecule has 31 heavy (non-hydrogen) atoms. The lowest BCUT2D eigenvalue weighted by atomic mass is 9.90. The van der Waals surface area contributed by atoms with Crippen molar-refractivity contribution >= 4 is 41.2 Å². The summed E-state index contributed by atoms with van der Waals surface area (Å²) in [5, 5.41) is 19.5. The number of hydrogen-bond donors (Lipinski definition) is 2. The van der Waals surface area contributed by atoms with E-state index < -0.39 is 18.0 Å². The summed E-state index contributed by atoms with van der Waals surface area (Å²) in [4.78, 5) is 40.0. The van der Waals surface area contributed by atoms with Crippen LogP contribution in [0.1, 0.15) is 30.1 Å². The lowest BCUT2D eigenvalue weighted by Gasteiger charge is -2.44. The molecule has 1 amide bonds. The normalized spacial score (nSPS) is 26.7. The monoisotopic (exact) mass is 466 g/mol. The highest BCUT2D eigenvalue weighted by molar-refractivity contribution is 8.23. The first-order valence-electron chi connectivity index (χ1n) is 10.1. The number of aliphatic hydroxyl groups excluding tert-OH is 1. The number of Topliss-reactive ketones (excluding diaryl/α,β-unsaturated/α-hetero) is 1. The van der Waals surface area contributed by atoms with Crippen LogP contribution >= 0.6 is 23.5 Å². The number of carbonyl (C=O) groups is 3. The van der Waals surface area contributed by atoms with Gasteiger partial charge in [0.15, 0.2) is 11.5 Å². The second-order valence-corrected chi connectivity index (χ2v) is 10.5. The van der Waals surface area contributed by atoms with E-state index in [1.54, 1.807) is 6.92 Å². The maximum atomic E-state index is 13.0. The summed E-state index contributed by atoms with van der Waals surface area (Å²) in [6.45, 7) is 3.34. The zero-order valence-electron chi connectivity index (χ0n) is 16.9. The smallest absolute Gasteiger partial charge is 0.354 e. The van der Waals surface area contributed by atoms with Gasteiger partial charge in [0, 0.05) is 17.4 Å². The third-order valence-electron chi connectivity index (χ3n) is 5.82. The van der Waals surface area contributed by atoms with Crippen molar-refractivity contribution < 1.29 is 29.0 Å². The highest BCUT2D eigenvalue weighted by Crippen LogP contribution is 2.55. The van der Waals surface area contributed by atoms with Gasteiger partial charge in [-0.05, 0) is 43.7 Å². The first-order valence-corrected chi connectivity index (χ1v) is 11.9. The van der Waals surface area contributed by atoms with Crippen LogP contribution in [0.15, 0.2) is 34.2 Å². The molecule has 0 saturated carbocycles. The van der Waals surface area contributed by atoms with Crippen LogP contribution in [-0.4, -0.2) is 74.0 Å². The van der Waals surface area contributed by atoms with Crippen molar-refractivity contribution in [1.29, 1.82) is 0 Å². The summed E-state index contributed by atoms with van der Waals surface area (Å²) in [6, 6.07) is 5.48. The predicted molar refractivity (Wildman–Crippen MR) is 116 cm³/mol. The van der Waals surface area contributed by atoms with Gasteiger partial charge in [0.2, 0.25) is 5.91 Å². The standard InChI is InChI=1S/C21H23FN2O5S2/c1-2-14(25)16-18(27)24-17(20(28)29)21(31-19(16)24)30-13-7-8-23(9-13)10-15(26)11-3-5-12(22)6-4-11/h3-6,13-14,16,19,25H,2,7-10H2,1H3,(H,28,29)/t13?,14-,16+,19+/m0/s1. The highest BCUT2D eigenvalue weighted by atomic mass is 32.2. The van der Waals surface area contributed by atoms with E-state index in [0.717, 1.165) is 6.42 Å². The average molecular weight is 467 g/mol. The molecule has 4 atom stereocenters. The van der Waals surface area contributed by atoms with Gasteiger partial charge in [-0.3, -0.25) is 19.4 Å². The average Bonchev–Trinajstić information content (AvgIpc) is 3.30. The molecule has 2 saturated heterocycles. The molecule has 1 aromatic carbocycles. The Kier molecular flexibility index (Phi) is 6.43. The molecule has 2 fully saturated rings. The van der Waals surface area contributed by atoms with Gasteiger partial charge in [-0.2, -0.15) is 0 Å². The predicted octanol–water partition coefficient (Wildman–Crippen LogP) is 2.37. The minimum atomic E-state index is -1.14. The topological polar surface area (TPSA) is 98.2 Å². The van der Waals surface area contributed by atoms with Crippen molar-refractivity contribution in [1.82, 2.24) is 9.80 Å². The molecule has 0 radical (unpaired) electrons. The van der Waals surface area contributed by atoms with Crippen LogP contribution < -0.4 is 0 Å². The number of likely N-dealkylation sites (tertiary alicyclic amines) is 1. The number of amides is 1. The lowest BCUT2D eigenvalue weighted by Crippen LogP contribution is -2.61. The highest BCUT2D eigenvalue weighted by Gasteiger charge is 2.58. The Morgan fingerprint density at radius 1 is 1.32 bits per heavy atom. The van der Waals surface area contributed by atoms with E-state index in [0.29, 0.717) is 29.3 Å². The second-order valence-electron chi connectivity index (χ2n) is 7.85. The fourth-order valence-corrected chi connectivity index (χ4v) is 7.43. The number of aliphatic carboxylic acids is 1. The zero-order chi connectivity index (χ0) is 22.3. The molecule has 0 bridgehead atoms. The summed E-state index contributed by atoms with van der Waals surface area (Å²) in [7, 11) is 0. The number of β-lactam (4-membered cyclic amide) rings is 1. The summed E-state index contributed by atoms with van der Waals surface area (Å²) in [5.74, 6) is -2.52. The van der Waals surface area contributed by atoms with Crippen molar-refractivity contribution in [3.05, 3.63) is 45.6 Å². The molecule has 0 aliphatic carbocycles. The van der Waals surface area contributed by atoms with Crippen molar-refractivity contribution in [3.63, 3.8) is 0 Å². The number of nitrogens with zero attached hydrogens (tertiary/aromatic N) is 2. The van der Waals surface area contributed by atoms with Crippen molar-refractivity contribution in [2.45, 2.75) is 36.5 Å². The van der Waals surface area contributed by atoms with Crippen LogP contribution in [0.2, 0.25) is 0 Å². The van der Waals surface area contributed by atoms with Gasteiger partial charge >= 0.3 is 5.97 Å². The Morgan fingerprint density at radius 3 is 2.68 bits per heavy atom. The lowest BCUT2D eigenvalue weighted by molar-refractivity contribution is -0.157. The number of benzene rings is 1. The minimum Gasteiger partial charge on any atom is -0.477 e. The summed E-state index contributed by atoms with van der Waals surface area (Å²) >= 11 is 2.77. The third kappa shape index (κ3) is 4.26. The van der Waals surface area contributed by atoms with Crippen molar-refractivity contribution in [2.24, 2.45) is 5.92 Å². The number of thioether (sulfide) groups is 2. The number of halogens is 1. The van der Waals surface area contributed by atoms with E-state index >= 15 is 0 Å². The number of aliphatic hydroxyl groups is 1. The van der Waals surface area contributed by atoms with E-state index in [9.17, 15) is 29.0 Å². The molecule has 10 heteroatoms. The molecule has 2 N–H and O–H groups in total. The molecular weight excluding hydrogens is 443 g/mol. The molecule has 3 aliphatic heterocycles. The molecule has 4 rings (SSSR count). The first-order chi connectivity index (χ1) is 14.8. The number of ketones is 1. The third-order valence-corrected chi connectivity index (χ3v) is 8.67. The van der Waals surface area contributed by atoms with Gasteiger partial charge in [-0.25, -0.2) is 9.18 Å². The van der Waals surface area contributed by atoms with Crippen LogP contribution in [0, 0.1) is 11.7 Å². The van der Waals surface area contributed by atoms with Gasteiger partial charge in [-0.1, -0.05) is 18.7 Å². The Morgan fingerprint density at radius 2 is 2.03 bits per heavy atom. The Bertz CT molecular complexity index is 938. The fraction of sp³-hybridized carbons (Fsp3) is 0.476. The van der Waals surface area contributed by atoms with E-state index in [2.05, 4.69) is 0 Å². The van der Waals surface area contributed by atoms with Gasteiger partial charge in [-0.15, -0.1) is 11.8 Å². The second kappa shape index (κ2) is 8.93. The molecule has 1 unspecified atom stereocenters. The Labute approximate surface area is 187 Å². The van der Waals surface area contributed by atoms with E-state index in [1.807, 2.05) is 4.90 Å². The van der Waals surface area contributed by atoms with Crippen LogP contribution in [0.5, 0.6) is 0 Å². The van der Waals surface area contributed by atoms with Crippen LogP contribution in [0.25, 0.3) is 0 Å². The fourth-order valence-electron chi connectivity index (χ4n) is 4.11. The van der Waals surface area contributed by atoms with Gasteiger partial charge < -0.3 is 10.2 Å². The Balaban J connectivity index is 1.38. The molecule has 0 spiro atoms. The maximum absolute atomic E-state index is 13.0. The number of hydrogen-bond acceptors (Lipinski definition) is 7. The number of carbonyl (C=O) groups excluding carboxylic acids is 2. The molecule has 1 aromatic rings. The largest absolute Gasteiger partial charge is 0.477 e. The molecular formula is C21H23FN2O5S2.